The molecule has 11 aromatic rings. The molecule has 70 heavy (non-hydrogen) atoms. The smallest absolute Gasteiger partial charge is 0.198 e. The molecule has 14 rings (SSSR count). The van der Waals surface area contributed by atoms with Crippen LogP contribution in [0.2, 0.25) is 0 Å². The van der Waals surface area contributed by atoms with Crippen LogP contribution in [0.1, 0.15) is 89.1 Å². The third kappa shape index (κ3) is 6.28. The highest BCUT2D eigenvalue weighted by molar-refractivity contribution is 8.08. The molecule has 0 saturated carbocycles. The molecule has 1 N–H and O–H groups in total. The highest BCUT2D eigenvalue weighted by Crippen LogP contribution is 2.51. The van der Waals surface area contributed by atoms with Crippen molar-refractivity contribution in [3.05, 3.63) is 180 Å². The van der Waals surface area contributed by atoms with Gasteiger partial charge >= 0.3 is 0 Å². The van der Waals surface area contributed by atoms with Gasteiger partial charge in [-0.2, -0.15) is 0 Å². The van der Waals surface area contributed by atoms with Crippen molar-refractivity contribution < 1.29 is 4.42 Å². The second kappa shape index (κ2) is 14.7. The molecule has 1 aliphatic carbocycles. The van der Waals surface area contributed by atoms with Crippen LogP contribution in [0.25, 0.3) is 91.2 Å². The Balaban J connectivity index is 1.04. The fraction of sp³-hybridized carbons (Fsp3) is 0.188. The predicted molar refractivity (Wildman–Crippen MR) is 306 cm³/mol. The monoisotopic (exact) mass is 940 g/mol. The lowest BCUT2D eigenvalue weighted by Crippen LogP contribution is -2.37. The standard InChI is InChI=1S/C64H53BN2OS2/c1-35-26-56(36-14-10-9-11-15-36)69-59-34-53-50(30-42(35)59)65-60-40(22-23-41-44-28-45-39-16-12-13-17-54(39)68-55(45)33-52(44)67(53)61(41)60)43-27-46-47-29-48-49(64(7,8)25-24-63(48,5)6)31-57(47)70-58(46)32-51(43)66-38-20-18-37(19-21-38)62(2,3)4/h9-23,26-34,65-66H,1,24-25H2,2-8H3. The largest absolute Gasteiger partial charge is 0.456 e. The number of thioether (sulfide) groups is 1. The summed E-state index contributed by atoms with van der Waals surface area (Å²) < 4.78 is 11.9. The highest BCUT2D eigenvalue weighted by atomic mass is 32.2. The predicted octanol–water partition coefficient (Wildman–Crippen LogP) is 17.0. The summed E-state index contributed by atoms with van der Waals surface area (Å²) in [5.41, 5.74) is 20.9. The summed E-state index contributed by atoms with van der Waals surface area (Å²) in [6.07, 6.45) is 4.66. The van der Waals surface area contributed by atoms with Crippen molar-refractivity contribution in [1.29, 1.82) is 0 Å². The lowest BCUT2D eigenvalue weighted by atomic mass is 9.58. The number of furan rings is 1. The van der Waals surface area contributed by atoms with Crippen LogP contribution in [-0.2, 0) is 16.2 Å². The summed E-state index contributed by atoms with van der Waals surface area (Å²) in [6.45, 7) is 21.3. The van der Waals surface area contributed by atoms with Gasteiger partial charge in [-0.05, 0) is 134 Å². The first kappa shape index (κ1) is 42.2. The minimum absolute atomic E-state index is 0.0647. The van der Waals surface area contributed by atoms with Crippen LogP contribution in [0, 0.1) is 0 Å². The molecule has 3 aliphatic rings. The van der Waals surface area contributed by atoms with E-state index in [1.807, 2.05) is 23.1 Å². The molecule has 0 fully saturated rings. The van der Waals surface area contributed by atoms with E-state index in [4.69, 9.17) is 4.42 Å². The molecule has 0 saturated heterocycles. The summed E-state index contributed by atoms with van der Waals surface area (Å²) in [5.74, 6) is 0. The molecule has 3 aromatic heterocycles. The van der Waals surface area contributed by atoms with Crippen molar-refractivity contribution in [2.75, 3.05) is 5.32 Å². The van der Waals surface area contributed by atoms with Gasteiger partial charge in [-0.3, -0.25) is 0 Å². The van der Waals surface area contributed by atoms with Crippen molar-refractivity contribution in [3.8, 4) is 16.8 Å². The maximum absolute atomic E-state index is 6.63. The Labute approximate surface area is 418 Å². The van der Waals surface area contributed by atoms with E-state index in [9.17, 15) is 0 Å². The Morgan fingerprint density at radius 1 is 0.643 bits per heavy atom. The van der Waals surface area contributed by atoms with Gasteiger partial charge < -0.3 is 14.3 Å². The maximum atomic E-state index is 6.63. The highest BCUT2D eigenvalue weighted by Gasteiger charge is 2.38. The molecule has 8 aromatic carbocycles. The number of hydrogen-bond donors (Lipinski definition) is 1. The van der Waals surface area contributed by atoms with Crippen LogP contribution in [-0.4, -0.2) is 11.8 Å². The van der Waals surface area contributed by atoms with Crippen LogP contribution in [0.4, 0.5) is 11.4 Å². The van der Waals surface area contributed by atoms with Gasteiger partial charge in [-0.15, -0.1) is 11.3 Å². The summed E-state index contributed by atoms with van der Waals surface area (Å²) >= 11 is 3.78. The van der Waals surface area contributed by atoms with Crippen molar-refractivity contribution >= 4 is 127 Å². The van der Waals surface area contributed by atoms with Crippen molar-refractivity contribution in [2.45, 2.75) is 82.4 Å². The first-order valence-electron chi connectivity index (χ1n) is 24.8. The minimum Gasteiger partial charge on any atom is -0.456 e. The third-order valence-corrected chi connectivity index (χ3v) is 18.4. The van der Waals surface area contributed by atoms with Crippen molar-refractivity contribution in [1.82, 2.24) is 4.57 Å². The van der Waals surface area contributed by atoms with Crippen LogP contribution in [0.15, 0.2) is 161 Å². The molecule has 5 heterocycles. The van der Waals surface area contributed by atoms with Crippen molar-refractivity contribution in [3.63, 3.8) is 0 Å². The van der Waals surface area contributed by atoms with E-state index in [-0.39, 0.29) is 16.2 Å². The first-order chi connectivity index (χ1) is 33.7. The zero-order valence-corrected chi connectivity index (χ0v) is 42.5. The fourth-order valence-corrected chi connectivity index (χ4v) is 14.4. The molecule has 2 aliphatic heterocycles. The van der Waals surface area contributed by atoms with E-state index in [0.717, 1.165) is 51.7 Å². The lowest BCUT2D eigenvalue weighted by Gasteiger charge is -2.41. The van der Waals surface area contributed by atoms with E-state index in [1.165, 1.54) is 115 Å². The van der Waals surface area contributed by atoms with E-state index in [1.54, 1.807) is 0 Å². The quantitative estimate of drug-likeness (QED) is 0.178. The molecule has 0 bridgehead atoms. The average molecular weight is 941 g/mol. The Hall–Kier alpha value is -6.73. The Morgan fingerprint density at radius 2 is 1.37 bits per heavy atom. The molecule has 3 nitrogen and oxygen atoms in total. The number of para-hydroxylation sites is 1. The number of benzene rings is 8. The van der Waals surface area contributed by atoms with E-state index < -0.39 is 0 Å². The molecule has 0 atom stereocenters. The number of hydrogen-bond acceptors (Lipinski definition) is 4. The fourth-order valence-electron chi connectivity index (χ4n) is 12.1. The van der Waals surface area contributed by atoms with Crippen LogP contribution in [0.3, 0.4) is 0 Å². The second-order valence-corrected chi connectivity index (χ2v) is 24.7. The molecule has 6 heteroatoms. The van der Waals surface area contributed by atoms with Gasteiger partial charge in [0.15, 0.2) is 7.28 Å². The van der Waals surface area contributed by atoms with E-state index in [2.05, 4.69) is 211 Å². The summed E-state index contributed by atoms with van der Waals surface area (Å²) in [7, 11) is 0.788. The average Bonchev–Trinajstić information content (AvgIpc) is 4.00. The van der Waals surface area contributed by atoms with E-state index in [0.29, 0.717) is 0 Å². The molecule has 0 amide bonds. The van der Waals surface area contributed by atoms with Gasteiger partial charge in [0.05, 0.1) is 5.52 Å². The summed E-state index contributed by atoms with van der Waals surface area (Å²) in [5, 5.41) is 11.5. The zero-order chi connectivity index (χ0) is 47.6. The zero-order valence-electron chi connectivity index (χ0n) is 40.9. The number of allylic oxidation sites excluding steroid dienone is 2. The van der Waals surface area contributed by atoms with Gasteiger partial charge in [0.1, 0.15) is 11.2 Å². The first-order valence-corrected chi connectivity index (χ1v) is 26.5. The van der Waals surface area contributed by atoms with Gasteiger partial charge in [-0.25, -0.2) is 0 Å². The number of thiophene rings is 1. The number of rotatable bonds is 4. The molecule has 0 unspecified atom stereocenters. The van der Waals surface area contributed by atoms with Gasteiger partial charge in [0.2, 0.25) is 0 Å². The second-order valence-electron chi connectivity index (χ2n) is 22.6. The van der Waals surface area contributed by atoms with Crippen molar-refractivity contribution in [2.24, 2.45) is 0 Å². The Morgan fingerprint density at radius 3 is 2.16 bits per heavy atom. The number of fused-ring (bicyclic) bond motifs is 13. The van der Waals surface area contributed by atoms with Crippen LogP contribution >= 0.6 is 23.1 Å². The van der Waals surface area contributed by atoms with Gasteiger partial charge in [0, 0.05) is 85.7 Å². The maximum Gasteiger partial charge on any atom is 0.198 e. The SMILES string of the molecule is C=C1C=C(c2ccccc2)Sc2cc3c(cc21)Bc1c(-c2cc4c(cc2Nc2ccc(C(C)(C)C)cc2)sc2cc5c(cc24)C(C)(C)CCC5(C)C)ccc2c4cc5c(cc4n-3c12)oc1ccccc15. The molecular weight excluding hydrogens is 888 g/mol. The number of nitrogens with zero attached hydrogens (tertiary/aromatic N) is 1. The molecule has 340 valence electrons. The Kier molecular flexibility index (Phi) is 8.84. The van der Waals surface area contributed by atoms with E-state index >= 15 is 0 Å². The minimum atomic E-state index is 0.0647. The lowest BCUT2D eigenvalue weighted by molar-refractivity contribution is 0.332. The number of aromatic nitrogens is 1. The molecule has 0 radical (unpaired) electrons. The summed E-state index contributed by atoms with van der Waals surface area (Å²) in [6, 6.07) is 52.7. The van der Waals surface area contributed by atoms with Crippen LogP contribution in [0.5, 0.6) is 0 Å². The number of anilines is 2. The van der Waals surface area contributed by atoms with Crippen LogP contribution < -0.4 is 16.2 Å². The number of nitrogens with one attached hydrogen (secondary N) is 1. The molecule has 0 spiro atoms. The normalized spacial score (nSPS) is 15.9. The third-order valence-electron chi connectivity index (χ3n) is 16.2. The molecular formula is C64H53BN2OS2. The van der Waals surface area contributed by atoms with Gasteiger partial charge in [0.25, 0.3) is 0 Å². The summed E-state index contributed by atoms with van der Waals surface area (Å²) in [4.78, 5) is 2.46. The topological polar surface area (TPSA) is 30.1 Å². The van der Waals surface area contributed by atoms with Gasteiger partial charge in [-0.1, -0.05) is 151 Å². The Bertz CT molecular complexity index is 4140.